The highest BCUT2D eigenvalue weighted by Gasteiger charge is 2.31. The van der Waals surface area contributed by atoms with Crippen LogP contribution in [-0.2, 0) is 19.4 Å². The summed E-state index contributed by atoms with van der Waals surface area (Å²) in [7, 11) is 0. The molecule has 0 saturated carbocycles. The van der Waals surface area contributed by atoms with Crippen molar-refractivity contribution in [2.24, 2.45) is 5.41 Å². The minimum atomic E-state index is -0.826. The van der Waals surface area contributed by atoms with Crippen molar-refractivity contribution in [1.29, 1.82) is 0 Å². The molecule has 0 radical (unpaired) electrons. The van der Waals surface area contributed by atoms with Crippen LogP contribution in [0.4, 0.5) is 0 Å². The molecule has 0 atom stereocenters. The Labute approximate surface area is 84.5 Å². The van der Waals surface area contributed by atoms with Gasteiger partial charge in [-0.05, 0) is 34.6 Å². The van der Waals surface area contributed by atoms with Gasteiger partial charge in [0, 0.05) is 6.42 Å². The second-order valence-electron chi connectivity index (χ2n) is 4.82. The van der Waals surface area contributed by atoms with Gasteiger partial charge in [0.25, 0.3) is 0 Å². The molecule has 0 aliphatic heterocycles. The summed E-state index contributed by atoms with van der Waals surface area (Å²) in [5.41, 5.74) is -1.36. The number of hydrogen-bond donors (Lipinski definition) is 0. The Morgan fingerprint density at radius 1 is 1.21 bits per heavy atom. The van der Waals surface area contributed by atoms with Gasteiger partial charge >= 0.3 is 5.97 Å². The van der Waals surface area contributed by atoms with Gasteiger partial charge in [0.15, 0.2) is 0 Å². The van der Waals surface area contributed by atoms with Gasteiger partial charge in [-0.3, -0.25) is 4.89 Å². The maximum absolute atomic E-state index is 11.4. The van der Waals surface area contributed by atoms with E-state index in [4.69, 9.17) is 4.89 Å². The van der Waals surface area contributed by atoms with E-state index in [1.807, 2.05) is 0 Å². The maximum Gasteiger partial charge on any atom is 0.348 e. The summed E-state index contributed by atoms with van der Waals surface area (Å²) in [5.74, 6) is -0.528. The van der Waals surface area contributed by atoms with Crippen LogP contribution in [0.25, 0.3) is 0 Å². The van der Waals surface area contributed by atoms with E-state index in [1.54, 1.807) is 34.6 Å². The summed E-state index contributed by atoms with van der Waals surface area (Å²) >= 11 is 0. The number of aldehydes is 1. The van der Waals surface area contributed by atoms with Gasteiger partial charge in [-0.1, -0.05) is 0 Å². The number of rotatable bonds is 4. The molecule has 0 amide bonds. The third-order valence-corrected chi connectivity index (χ3v) is 1.51. The number of hydrogen-bond acceptors (Lipinski definition) is 4. The van der Waals surface area contributed by atoms with Gasteiger partial charge in [0.05, 0.1) is 5.41 Å². The molecular weight excluding hydrogens is 184 g/mol. The molecule has 0 spiro atoms. The molecular formula is C10H18O4. The van der Waals surface area contributed by atoms with Gasteiger partial charge in [-0.25, -0.2) is 4.79 Å². The Kier molecular flexibility index (Phi) is 4.26. The van der Waals surface area contributed by atoms with Crippen LogP contribution in [0.2, 0.25) is 0 Å². The first-order chi connectivity index (χ1) is 6.19. The monoisotopic (exact) mass is 202 g/mol. The first kappa shape index (κ1) is 13.1. The molecule has 0 aromatic heterocycles. The van der Waals surface area contributed by atoms with Crippen LogP contribution in [0, 0.1) is 5.41 Å². The van der Waals surface area contributed by atoms with E-state index in [0.29, 0.717) is 6.29 Å². The van der Waals surface area contributed by atoms with Crippen LogP contribution in [0.3, 0.4) is 0 Å². The molecule has 0 unspecified atom stereocenters. The fourth-order valence-corrected chi connectivity index (χ4v) is 0.567. The van der Waals surface area contributed by atoms with Crippen molar-refractivity contribution in [1.82, 2.24) is 0 Å². The van der Waals surface area contributed by atoms with Crippen molar-refractivity contribution in [2.45, 2.75) is 46.6 Å². The standard InChI is InChI=1S/C10H18O4/c1-9(2,3)14-13-8(12)10(4,5)6-7-11/h7H,6H2,1-5H3. The van der Waals surface area contributed by atoms with Gasteiger partial charge in [0.2, 0.25) is 0 Å². The van der Waals surface area contributed by atoms with Crippen molar-refractivity contribution in [2.75, 3.05) is 0 Å². The zero-order valence-electron chi connectivity index (χ0n) is 9.42. The molecule has 0 bridgehead atoms. The largest absolute Gasteiger partial charge is 0.348 e. The molecule has 4 nitrogen and oxygen atoms in total. The summed E-state index contributed by atoms with van der Waals surface area (Å²) in [4.78, 5) is 31.2. The quantitative estimate of drug-likeness (QED) is 0.397. The molecule has 0 fully saturated rings. The Morgan fingerprint density at radius 2 is 1.71 bits per heavy atom. The van der Waals surface area contributed by atoms with Gasteiger partial charge < -0.3 is 4.79 Å². The summed E-state index contributed by atoms with van der Waals surface area (Å²) in [6.45, 7) is 8.58. The summed E-state index contributed by atoms with van der Waals surface area (Å²) in [5, 5.41) is 0. The van der Waals surface area contributed by atoms with Crippen LogP contribution in [-0.4, -0.2) is 17.9 Å². The predicted molar refractivity (Wildman–Crippen MR) is 51.4 cm³/mol. The van der Waals surface area contributed by atoms with Crippen LogP contribution in [0.15, 0.2) is 0 Å². The number of carbonyl (C=O) groups is 2. The first-order valence-electron chi connectivity index (χ1n) is 4.53. The summed E-state index contributed by atoms with van der Waals surface area (Å²) < 4.78 is 0. The normalized spacial score (nSPS) is 12.4. The summed E-state index contributed by atoms with van der Waals surface area (Å²) in [6, 6.07) is 0. The molecule has 0 rings (SSSR count). The highest BCUT2D eigenvalue weighted by Crippen LogP contribution is 2.22. The van der Waals surface area contributed by atoms with Crippen molar-refractivity contribution in [3.05, 3.63) is 0 Å². The molecule has 14 heavy (non-hydrogen) atoms. The van der Waals surface area contributed by atoms with Crippen molar-refractivity contribution >= 4 is 12.3 Å². The average molecular weight is 202 g/mol. The van der Waals surface area contributed by atoms with Crippen LogP contribution in [0.5, 0.6) is 0 Å². The third kappa shape index (κ3) is 4.97. The minimum absolute atomic E-state index is 0.124. The molecule has 0 aromatic carbocycles. The van der Waals surface area contributed by atoms with E-state index in [-0.39, 0.29) is 6.42 Å². The Bertz CT molecular complexity index is 213. The van der Waals surface area contributed by atoms with Gasteiger partial charge in [-0.2, -0.15) is 4.89 Å². The predicted octanol–water partition coefficient (Wildman–Crippen LogP) is 1.87. The highest BCUT2D eigenvalue weighted by molar-refractivity contribution is 5.78. The van der Waals surface area contributed by atoms with E-state index in [9.17, 15) is 9.59 Å². The zero-order chi connectivity index (χ0) is 11.4. The molecule has 0 heterocycles. The number of carbonyl (C=O) groups excluding carboxylic acids is 2. The Morgan fingerprint density at radius 3 is 2.07 bits per heavy atom. The smallest absolute Gasteiger partial charge is 0.303 e. The SMILES string of the molecule is CC(C)(C)OOC(=O)C(C)(C)CC=O. The molecule has 0 aromatic rings. The average Bonchev–Trinajstić information content (AvgIpc) is 1.98. The van der Waals surface area contributed by atoms with Crippen LogP contribution >= 0.6 is 0 Å². The van der Waals surface area contributed by atoms with E-state index < -0.39 is 17.0 Å². The molecule has 0 aliphatic rings. The summed E-state index contributed by atoms with van der Waals surface area (Å²) in [6.07, 6.45) is 0.817. The van der Waals surface area contributed by atoms with E-state index >= 15 is 0 Å². The molecule has 0 aliphatic carbocycles. The molecule has 0 saturated heterocycles. The van der Waals surface area contributed by atoms with Crippen LogP contribution in [0.1, 0.15) is 41.0 Å². The lowest BCUT2D eigenvalue weighted by atomic mass is 9.90. The van der Waals surface area contributed by atoms with Crippen molar-refractivity contribution in [3.8, 4) is 0 Å². The van der Waals surface area contributed by atoms with E-state index in [2.05, 4.69) is 4.89 Å². The Hall–Kier alpha value is -0.900. The lowest BCUT2D eigenvalue weighted by Crippen LogP contribution is -2.30. The topological polar surface area (TPSA) is 52.6 Å². The maximum atomic E-state index is 11.4. The fourth-order valence-electron chi connectivity index (χ4n) is 0.567. The van der Waals surface area contributed by atoms with Crippen LogP contribution < -0.4 is 0 Å². The zero-order valence-corrected chi connectivity index (χ0v) is 9.42. The fraction of sp³-hybridized carbons (Fsp3) is 0.800. The molecule has 0 N–H and O–H groups in total. The second kappa shape index (κ2) is 4.55. The van der Waals surface area contributed by atoms with Gasteiger partial charge in [-0.15, -0.1) is 0 Å². The molecule has 4 heteroatoms. The Balaban J connectivity index is 4.14. The molecule has 82 valence electrons. The third-order valence-electron chi connectivity index (χ3n) is 1.51. The second-order valence-corrected chi connectivity index (χ2v) is 4.82. The van der Waals surface area contributed by atoms with E-state index in [0.717, 1.165) is 0 Å². The first-order valence-corrected chi connectivity index (χ1v) is 4.53. The van der Waals surface area contributed by atoms with Crippen molar-refractivity contribution in [3.63, 3.8) is 0 Å². The minimum Gasteiger partial charge on any atom is -0.303 e. The van der Waals surface area contributed by atoms with E-state index in [1.165, 1.54) is 0 Å². The van der Waals surface area contributed by atoms with Gasteiger partial charge in [0.1, 0.15) is 11.9 Å². The lowest BCUT2D eigenvalue weighted by Gasteiger charge is -2.22. The van der Waals surface area contributed by atoms with Crippen molar-refractivity contribution < 1.29 is 19.4 Å². The highest BCUT2D eigenvalue weighted by atomic mass is 17.2. The lowest BCUT2D eigenvalue weighted by molar-refractivity contribution is -0.325.